The maximum absolute atomic E-state index is 13.0. The summed E-state index contributed by atoms with van der Waals surface area (Å²) in [5.41, 5.74) is 4.33. The van der Waals surface area contributed by atoms with E-state index in [4.69, 9.17) is 14.5 Å². The zero-order valence-corrected chi connectivity index (χ0v) is 21.7. The number of nitrogens with zero attached hydrogens (tertiary/aromatic N) is 3. The second-order valence-electron chi connectivity index (χ2n) is 9.50. The molecule has 0 radical (unpaired) electrons. The minimum atomic E-state index is 0.0554. The molecule has 1 aliphatic heterocycles. The highest BCUT2D eigenvalue weighted by molar-refractivity contribution is 5.96. The third-order valence-electron chi connectivity index (χ3n) is 7.01. The molecule has 37 heavy (non-hydrogen) atoms. The Morgan fingerprint density at radius 3 is 2.38 bits per heavy atom. The number of imidazole rings is 1. The first-order valence-electron chi connectivity index (χ1n) is 13.4. The van der Waals surface area contributed by atoms with Crippen molar-refractivity contribution >= 4 is 22.6 Å². The van der Waals surface area contributed by atoms with E-state index in [1.165, 1.54) is 5.56 Å². The van der Waals surface area contributed by atoms with E-state index < -0.39 is 0 Å². The van der Waals surface area contributed by atoms with Crippen LogP contribution in [0, 0.1) is 0 Å². The van der Waals surface area contributed by atoms with Gasteiger partial charge in [-0.3, -0.25) is 4.79 Å². The lowest BCUT2D eigenvalue weighted by molar-refractivity contribution is -0.117. The van der Waals surface area contributed by atoms with Gasteiger partial charge in [-0.05, 0) is 80.3 Å². The van der Waals surface area contributed by atoms with Gasteiger partial charge in [0.25, 0.3) is 0 Å². The van der Waals surface area contributed by atoms with Crippen molar-refractivity contribution in [3.63, 3.8) is 0 Å². The molecular formula is C31H35N3O3. The van der Waals surface area contributed by atoms with Crippen molar-refractivity contribution in [3.05, 3.63) is 84.2 Å². The summed E-state index contributed by atoms with van der Waals surface area (Å²) in [5, 5.41) is 0. The van der Waals surface area contributed by atoms with Gasteiger partial charge in [0.15, 0.2) is 0 Å². The van der Waals surface area contributed by atoms with Gasteiger partial charge in [-0.15, -0.1) is 0 Å². The molecule has 1 aliphatic rings. The number of anilines is 1. The van der Waals surface area contributed by atoms with Crippen LogP contribution in [0.2, 0.25) is 0 Å². The Labute approximate surface area is 218 Å². The number of rotatable bonds is 11. The normalized spacial score (nSPS) is 15.5. The molecule has 1 fully saturated rings. The second kappa shape index (κ2) is 11.5. The van der Waals surface area contributed by atoms with Gasteiger partial charge in [-0.25, -0.2) is 4.98 Å². The lowest BCUT2D eigenvalue weighted by Crippen LogP contribution is -2.24. The van der Waals surface area contributed by atoms with Crippen molar-refractivity contribution in [2.75, 3.05) is 24.7 Å². The minimum absolute atomic E-state index is 0.0554. The van der Waals surface area contributed by atoms with Crippen LogP contribution in [0.1, 0.15) is 50.4 Å². The summed E-state index contributed by atoms with van der Waals surface area (Å²) in [7, 11) is 0. The highest BCUT2D eigenvalue weighted by Gasteiger charge is 2.34. The van der Waals surface area contributed by atoms with Crippen molar-refractivity contribution in [1.82, 2.24) is 9.55 Å². The van der Waals surface area contributed by atoms with Crippen LogP contribution in [0.15, 0.2) is 72.8 Å². The number of amides is 1. The van der Waals surface area contributed by atoms with Crippen LogP contribution in [0.25, 0.3) is 11.0 Å². The van der Waals surface area contributed by atoms with Crippen molar-refractivity contribution in [3.8, 4) is 11.5 Å². The number of fused-ring (bicyclic) bond motifs is 1. The minimum Gasteiger partial charge on any atom is -0.494 e. The fourth-order valence-corrected chi connectivity index (χ4v) is 5.04. The van der Waals surface area contributed by atoms with E-state index in [-0.39, 0.29) is 11.8 Å². The van der Waals surface area contributed by atoms with Gasteiger partial charge < -0.3 is 18.9 Å². The van der Waals surface area contributed by atoms with E-state index in [9.17, 15) is 4.79 Å². The van der Waals surface area contributed by atoms with Crippen LogP contribution in [-0.2, 0) is 17.8 Å². The molecule has 0 N–H and O–H groups in total. The zero-order valence-electron chi connectivity index (χ0n) is 21.7. The van der Waals surface area contributed by atoms with Gasteiger partial charge in [0.1, 0.15) is 17.3 Å². The highest BCUT2D eigenvalue weighted by Crippen LogP contribution is 2.34. The average Bonchev–Trinajstić information content (AvgIpc) is 3.50. The molecule has 1 unspecified atom stereocenters. The predicted octanol–water partition coefficient (Wildman–Crippen LogP) is 6.38. The second-order valence-corrected chi connectivity index (χ2v) is 9.50. The van der Waals surface area contributed by atoms with Crippen molar-refractivity contribution in [2.24, 2.45) is 0 Å². The van der Waals surface area contributed by atoms with E-state index in [0.717, 1.165) is 59.9 Å². The first-order chi connectivity index (χ1) is 18.2. The molecule has 192 valence electrons. The SMILES string of the molecule is CCOc1ccc(N2CC(c3nc4ccccc4n3CCCCOc3ccc(CC)cc3)CC2=O)cc1. The van der Waals surface area contributed by atoms with Crippen LogP contribution >= 0.6 is 0 Å². The number of hydrogen-bond acceptors (Lipinski definition) is 4. The molecule has 0 spiro atoms. The Morgan fingerprint density at radius 1 is 0.892 bits per heavy atom. The third kappa shape index (κ3) is 5.63. The molecule has 1 aromatic heterocycles. The molecule has 3 aromatic carbocycles. The maximum atomic E-state index is 13.0. The fourth-order valence-electron chi connectivity index (χ4n) is 5.04. The lowest BCUT2D eigenvalue weighted by atomic mass is 10.1. The molecule has 4 aromatic rings. The van der Waals surface area contributed by atoms with Gasteiger partial charge in [-0.1, -0.05) is 31.2 Å². The van der Waals surface area contributed by atoms with Crippen LogP contribution < -0.4 is 14.4 Å². The first kappa shape index (κ1) is 24.9. The number of hydrogen-bond donors (Lipinski definition) is 0. The summed E-state index contributed by atoms with van der Waals surface area (Å²) in [6.45, 7) is 6.91. The van der Waals surface area contributed by atoms with E-state index >= 15 is 0 Å². The molecule has 5 rings (SSSR count). The maximum Gasteiger partial charge on any atom is 0.227 e. The molecule has 1 saturated heterocycles. The molecule has 6 heteroatoms. The van der Waals surface area contributed by atoms with Crippen molar-refractivity contribution in [1.29, 1.82) is 0 Å². The number of carbonyl (C=O) groups is 1. The van der Waals surface area contributed by atoms with E-state index in [1.54, 1.807) is 0 Å². The van der Waals surface area contributed by atoms with E-state index in [2.05, 4.69) is 41.8 Å². The molecule has 0 saturated carbocycles. The van der Waals surface area contributed by atoms with E-state index in [1.807, 2.05) is 54.3 Å². The molecule has 1 amide bonds. The molecular weight excluding hydrogens is 462 g/mol. The Kier molecular flexibility index (Phi) is 7.73. The largest absolute Gasteiger partial charge is 0.494 e. The zero-order chi connectivity index (χ0) is 25.6. The first-order valence-corrected chi connectivity index (χ1v) is 13.4. The number of benzene rings is 3. The Balaban J connectivity index is 1.25. The Bertz CT molecular complexity index is 1330. The fraction of sp³-hybridized carbons (Fsp3) is 0.355. The number of ether oxygens (including phenoxy) is 2. The average molecular weight is 498 g/mol. The quantitative estimate of drug-likeness (QED) is 0.226. The lowest BCUT2D eigenvalue weighted by Gasteiger charge is -2.18. The number of unbranched alkanes of at least 4 members (excludes halogenated alkanes) is 1. The summed E-state index contributed by atoms with van der Waals surface area (Å²) in [6, 6.07) is 24.4. The molecule has 0 aliphatic carbocycles. The van der Waals surface area contributed by atoms with Gasteiger partial charge in [0.05, 0.1) is 24.2 Å². The molecule has 2 heterocycles. The van der Waals surface area contributed by atoms with E-state index in [0.29, 0.717) is 26.2 Å². The van der Waals surface area contributed by atoms with Crippen LogP contribution in [-0.4, -0.2) is 35.2 Å². The third-order valence-corrected chi connectivity index (χ3v) is 7.01. The number of para-hydroxylation sites is 2. The van der Waals surface area contributed by atoms with Gasteiger partial charge in [-0.2, -0.15) is 0 Å². The summed E-state index contributed by atoms with van der Waals surface area (Å²) in [6.07, 6.45) is 3.42. The smallest absolute Gasteiger partial charge is 0.227 e. The number of carbonyl (C=O) groups excluding carboxylic acids is 1. The van der Waals surface area contributed by atoms with Crippen LogP contribution in [0.3, 0.4) is 0 Å². The molecule has 0 bridgehead atoms. The summed E-state index contributed by atoms with van der Waals surface area (Å²) in [4.78, 5) is 19.9. The topological polar surface area (TPSA) is 56.6 Å². The predicted molar refractivity (Wildman–Crippen MR) is 148 cm³/mol. The summed E-state index contributed by atoms with van der Waals surface area (Å²) >= 11 is 0. The van der Waals surface area contributed by atoms with Crippen molar-refractivity contribution in [2.45, 2.75) is 52.0 Å². The van der Waals surface area contributed by atoms with Gasteiger partial charge in [0.2, 0.25) is 5.91 Å². The van der Waals surface area contributed by atoms with Crippen LogP contribution in [0.5, 0.6) is 11.5 Å². The highest BCUT2D eigenvalue weighted by atomic mass is 16.5. The molecule has 6 nitrogen and oxygen atoms in total. The summed E-state index contributed by atoms with van der Waals surface area (Å²) in [5.74, 6) is 2.93. The molecule has 1 atom stereocenters. The standard InChI is InChI=1S/C31H35N3O3/c1-3-23-11-15-27(16-12-23)37-20-8-7-19-33-29-10-6-5-9-28(29)32-31(33)24-21-30(35)34(22-24)25-13-17-26(18-14-25)36-4-2/h5-6,9-18,24H,3-4,7-8,19-22H2,1-2H3. The number of aromatic nitrogens is 2. The summed E-state index contributed by atoms with van der Waals surface area (Å²) < 4.78 is 13.8. The number of aryl methyl sites for hydroxylation is 2. The van der Waals surface area contributed by atoms with Gasteiger partial charge in [0, 0.05) is 31.1 Å². The Hall–Kier alpha value is -3.80. The van der Waals surface area contributed by atoms with Crippen molar-refractivity contribution < 1.29 is 14.3 Å². The Morgan fingerprint density at radius 2 is 1.62 bits per heavy atom. The van der Waals surface area contributed by atoms with Crippen LogP contribution in [0.4, 0.5) is 5.69 Å². The monoisotopic (exact) mass is 497 g/mol. The van der Waals surface area contributed by atoms with Gasteiger partial charge >= 0.3 is 0 Å².